The zero-order valence-electron chi connectivity index (χ0n) is 28.4. The Morgan fingerprint density at radius 3 is 2.44 bits per heavy atom. The van der Waals surface area contributed by atoms with E-state index in [1.165, 1.54) is 35.1 Å². The summed E-state index contributed by atoms with van der Waals surface area (Å²) in [6.07, 6.45) is 1.67. The van der Waals surface area contributed by atoms with Crippen molar-refractivity contribution in [2.45, 2.75) is 53.4 Å². The lowest BCUT2D eigenvalue weighted by Crippen LogP contribution is -2.40. The van der Waals surface area contributed by atoms with Gasteiger partial charge in [-0.2, -0.15) is 0 Å². The number of ether oxygens (including phenoxy) is 5. The fraction of sp³-hybridized carbons (Fsp3) is 0.306. The average molecular weight is 814 g/mol. The number of carbonyl (C=O) groups is 1. The van der Waals surface area contributed by atoms with Crippen LogP contribution in [-0.4, -0.2) is 41.9 Å². The molecule has 2 heterocycles. The van der Waals surface area contributed by atoms with Crippen LogP contribution in [0.4, 0.5) is 5.69 Å². The summed E-state index contributed by atoms with van der Waals surface area (Å²) in [5.74, 6) is 1.43. The molecule has 3 aromatic carbocycles. The van der Waals surface area contributed by atoms with Crippen LogP contribution in [0.2, 0.25) is 0 Å². The number of benzene rings is 3. The highest BCUT2D eigenvalue weighted by atomic mass is 127. The second-order valence-electron chi connectivity index (χ2n) is 11.4. The first kappa shape index (κ1) is 36.6. The number of esters is 1. The number of halogens is 1. The molecule has 14 heteroatoms. The average Bonchev–Trinajstić information content (AvgIpc) is 3.37. The molecule has 5 rings (SSSR count). The number of nitro groups is 1. The van der Waals surface area contributed by atoms with Crippen molar-refractivity contribution in [2.75, 3.05) is 20.3 Å². The van der Waals surface area contributed by atoms with E-state index in [0.717, 1.165) is 9.13 Å². The van der Waals surface area contributed by atoms with Crippen molar-refractivity contribution >= 4 is 51.7 Å². The second kappa shape index (κ2) is 15.9. The number of non-ortho nitro benzene ring substituents is 1. The van der Waals surface area contributed by atoms with E-state index in [-0.39, 0.29) is 36.1 Å². The van der Waals surface area contributed by atoms with E-state index in [1.54, 1.807) is 50.3 Å². The molecule has 0 fully saturated rings. The van der Waals surface area contributed by atoms with Crippen molar-refractivity contribution in [3.63, 3.8) is 0 Å². The third kappa shape index (κ3) is 7.86. The first-order valence-corrected chi connectivity index (χ1v) is 17.7. The maximum atomic E-state index is 14.2. The highest BCUT2D eigenvalue weighted by Crippen LogP contribution is 2.37. The van der Waals surface area contributed by atoms with E-state index >= 15 is 0 Å². The van der Waals surface area contributed by atoms with Crippen LogP contribution in [0.15, 0.2) is 75.7 Å². The van der Waals surface area contributed by atoms with Crippen molar-refractivity contribution in [1.82, 2.24) is 4.57 Å². The molecule has 12 nitrogen and oxygen atoms in total. The Hall–Kier alpha value is -4.70. The van der Waals surface area contributed by atoms with Crippen LogP contribution in [0.25, 0.3) is 6.08 Å². The third-order valence-electron chi connectivity index (χ3n) is 7.54. The van der Waals surface area contributed by atoms with E-state index in [2.05, 4.69) is 27.6 Å². The molecule has 0 bridgehead atoms. The number of hydrogen-bond acceptors (Lipinski definition) is 11. The van der Waals surface area contributed by atoms with Crippen LogP contribution in [0.5, 0.6) is 23.0 Å². The Labute approximate surface area is 305 Å². The van der Waals surface area contributed by atoms with E-state index in [0.29, 0.717) is 55.8 Å². The molecule has 0 aliphatic carbocycles. The standard InChI is InChI=1S/C36H36IN3O9S/c1-7-46-29-16-23(15-26(37)33(29)48-19-22-9-12-25(13-10-22)40(43)44)17-30-34(41)39-32(24-11-14-27(49-20(3)4)28(18-24)45-6)31(35(42)47-8-2)21(5)38-36(39)50-30/h9-18,20,32H,7-8,19H2,1-6H3/b30-17+/t32-/m1/s1. The predicted molar refractivity (Wildman–Crippen MR) is 197 cm³/mol. The lowest BCUT2D eigenvalue weighted by molar-refractivity contribution is -0.384. The van der Waals surface area contributed by atoms with Gasteiger partial charge < -0.3 is 23.7 Å². The summed E-state index contributed by atoms with van der Waals surface area (Å²) >= 11 is 3.36. The molecule has 1 aliphatic heterocycles. The lowest BCUT2D eigenvalue weighted by Gasteiger charge is -2.25. The van der Waals surface area contributed by atoms with Crippen molar-refractivity contribution in [1.29, 1.82) is 0 Å². The summed E-state index contributed by atoms with van der Waals surface area (Å²) in [5, 5.41) is 11.0. The molecule has 0 amide bonds. The van der Waals surface area contributed by atoms with Gasteiger partial charge in [0.25, 0.3) is 11.2 Å². The first-order chi connectivity index (χ1) is 23.9. The van der Waals surface area contributed by atoms with E-state index in [1.807, 2.05) is 32.9 Å². The number of aromatic nitrogens is 1. The van der Waals surface area contributed by atoms with Crippen LogP contribution in [0, 0.1) is 13.7 Å². The summed E-state index contributed by atoms with van der Waals surface area (Å²) in [6.45, 7) is 9.84. The Balaban J connectivity index is 1.57. The fourth-order valence-electron chi connectivity index (χ4n) is 5.41. The molecule has 4 aromatic rings. The van der Waals surface area contributed by atoms with Crippen LogP contribution < -0.4 is 33.8 Å². The van der Waals surface area contributed by atoms with Gasteiger partial charge in [0.15, 0.2) is 27.8 Å². The van der Waals surface area contributed by atoms with Crippen LogP contribution >= 0.6 is 33.9 Å². The minimum absolute atomic E-state index is 0.000405. The van der Waals surface area contributed by atoms with Gasteiger partial charge in [-0.25, -0.2) is 9.79 Å². The topological polar surface area (TPSA) is 141 Å². The van der Waals surface area contributed by atoms with Gasteiger partial charge in [-0.15, -0.1) is 0 Å². The van der Waals surface area contributed by atoms with E-state index < -0.39 is 16.9 Å². The smallest absolute Gasteiger partial charge is 0.338 e. The zero-order chi connectivity index (χ0) is 36.1. The molecule has 0 unspecified atom stereocenters. The summed E-state index contributed by atoms with van der Waals surface area (Å²) < 4.78 is 31.7. The molecule has 1 aliphatic rings. The maximum Gasteiger partial charge on any atom is 0.338 e. The van der Waals surface area contributed by atoms with Crippen LogP contribution in [0.3, 0.4) is 0 Å². The Kier molecular flexibility index (Phi) is 11.6. The summed E-state index contributed by atoms with van der Waals surface area (Å²) in [4.78, 5) is 43.3. The SMILES string of the molecule is CCOC(=O)C1=C(C)N=c2s/c(=C/c3cc(I)c(OCc4ccc([N+](=O)[O-])cc4)c(OCC)c3)c(=O)n2[C@@H]1c1ccc(OC(C)C)c(OC)c1. The molecule has 0 saturated carbocycles. The molecule has 0 saturated heterocycles. The van der Waals surface area contributed by atoms with Crippen LogP contribution in [0.1, 0.15) is 57.4 Å². The molecule has 262 valence electrons. The largest absolute Gasteiger partial charge is 0.493 e. The first-order valence-electron chi connectivity index (χ1n) is 15.8. The van der Waals surface area contributed by atoms with Gasteiger partial charge in [0.05, 0.1) is 56.8 Å². The monoisotopic (exact) mass is 813 g/mol. The minimum atomic E-state index is -0.830. The molecule has 50 heavy (non-hydrogen) atoms. The number of hydrogen-bond donors (Lipinski definition) is 0. The Morgan fingerprint density at radius 1 is 1.06 bits per heavy atom. The highest BCUT2D eigenvalue weighted by Gasteiger charge is 2.34. The summed E-state index contributed by atoms with van der Waals surface area (Å²) in [5.41, 5.74) is 2.46. The number of thiazole rings is 1. The van der Waals surface area contributed by atoms with Gasteiger partial charge in [-0.1, -0.05) is 17.4 Å². The predicted octanol–water partition coefficient (Wildman–Crippen LogP) is 6.08. The van der Waals surface area contributed by atoms with Gasteiger partial charge in [0.1, 0.15) is 6.61 Å². The molecular formula is C36H36IN3O9S. The zero-order valence-corrected chi connectivity index (χ0v) is 31.3. The number of nitrogens with zero attached hydrogens (tertiary/aromatic N) is 3. The molecule has 0 N–H and O–H groups in total. The van der Waals surface area contributed by atoms with Gasteiger partial charge in [-0.05, 0) is 116 Å². The number of rotatable bonds is 13. The summed E-state index contributed by atoms with van der Waals surface area (Å²) in [6, 6.07) is 14.3. The Morgan fingerprint density at radius 2 is 1.80 bits per heavy atom. The van der Waals surface area contributed by atoms with Crippen LogP contribution in [-0.2, 0) is 16.1 Å². The molecule has 1 aromatic heterocycles. The molecule has 0 radical (unpaired) electrons. The number of allylic oxidation sites excluding steroid dienone is 1. The lowest BCUT2D eigenvalue weighted by atomic mass is 9.95. The highest BCUT2D eigenvalue weighted by molar-refractivity contribution is 14.1. The van der Waals surface area contributed by atoms with E-state index in [9.17, 15) is 19.7 Å². The number of fused-ring (bicyclic) bond motifs is 1. The van der Waals surface area contributed by atoms with Gasteiger partial charge in [0, 0.05) is 12.1 Å². The van der Waals surface area contributed by atoms with Crippen molar-refractivity contribution in [2.24, 2.45) is 4.99 Å². The van der Waals surface area contributed by atoms with Gasteiger partial charge in [0.2, 0.25) is 0 Å². The van der Waals surface area contributed by atoms with Crippen molar-refractivity contribution in [3.05, 3.63) is 116 Å². The fourth-order valence-corrected chi connectivity index (χ4v) is 7.24. The van der Waals surface area contributed by atoms with Crippen molar-refractivity contribution in [3.8, 4) is 23.0 Å². The minimum Gasteiger partial charge on any atom is -0.493 e. The quantitative estimate of drug-likeness (QED) is 0.0680. The normalized spacial score (nSPS) is 14.2. The van der Waals surface area contributed by atoms with E-state index in [4.69, 9.17) is 23.7 Å². The van der Waals surface area contributed by atoms with Crippen molar-refractivity contribution < 1.29 is 33.4 Å². The molecular weight excluding hydrogens is 777 g/mol. The molecule has 1 atom stereocenters. The number of methoxy groups -OCH3 is 1. The number of nitro benzene ring substituents is 1. The second-order valence-corrected chi connectivity index (χ2v) is 13.5. The van der Waals surface area contributed by atoms with Gasteiger partial charge >= 0.3 is 5.97 Å². The third-order valence-corrected chi connectivity index (χ3v) is 9.33. The molecule has 0 spiro atoms. The maximum absolute atomic E-state index is 14.2. The Bertz CT molecular complexity index is 2140. The number of carbonyl (C=O) groups excluding carboxylic acids is 1. The van der Waals surface area contributed by atoms with Gasteiger partial charge in [-0.3, -0.25) is 19.5 Å². The summed E-state index contributed by atoms with van der Waals surface area (Å²) in [7, 11) is 1.54.